The molecule has 0 spiro atoms. The Morgan fingerprint density at radius 1 is 0.760 bits per heavy atom. The summed E-state index contributed by atoms with van der Waals surface area (Å²) < 4.78 is 1.46. The summed E-state index contributed by atoms with van der Waals surface area (Å²) in [4.78, 5) is 0. The number of hydrogen-bond donors (Lipinski definition) is 0. The molecule has 5 aliphatic carbocycles. The van der Waals surface area contributed by atoms with E-state index in [1.165, 1.54) is 38.4 Å². The predicted molar refractivity (Wildman–Crippen MR) is 202 cm³/mol. The fourth-order valence-electron chi connectivity index (χ4n) is 9.28. The molecule has 50 heavy (non-hydrogen) atoms. The molecule has 0 heterocycles. The van der Waals surface area contributed by atoms with Crippen LogP contribution >= 0.6 is 0 Å². The Labute approximate surface area is 330 Å². The minimum absolute atomic E-state index is 0. The summed E-state index contributed by atoms with van der Waals surface area (Å²) in [5, 5.41) is 0. The van der Waals surface area contributed by atoms with Gasteiger partial charge in [0.2, 0.25) is 0 Å². The van der Waals surface area contributed by atoms with Crippen molar-refractivity contribution in [2.45, 2.75) is 81.1 Å². The Bertz CT molecular complexity index is 1780. The molecule has 2 unspecified atom stereocenters. The normalized spacial score (nSPS) is 23.8. The van der Waals surface area contributed by atoms with Gasteiger partial charge < -0.3 is 24.8 Å². The third kappa shape index (κ3) is 6.54. The molecule has 5 aliphatic rings. The molecule has 260 valence electrons. The molecule has 3 aromatic carbocycles. The van der Waals surface area contributed by atoms with Gasteiger partial charge in [0.15, 0.2) is 0 Å². The van der Waals surface area contributed by atoms with Crippen molar-refractivity contribution in [2.24, 2.45) is 27.6 Å². The van der Waals surface area contributed by atoms with Crippen molar-refractivity contribution in [1.82, 2.24) is 0 Å². The molecular weight excluding hydrogens is 814 g/mol. The average Bonchev–Trinajstić information content (AvgIpc) is 3.81. The fourth-order valence-corrected chi connectivity index (χ4v) is 10.5. The van der Waals surface area contributed by atoms with Gasteiger partial charge in [-0.2, -0.15) is 17.2 Å². The Hall–Kier alpha value is -2.45. The Kier molecular flexibility index (Phi) is 12.6. The van der Waals surface area contributed by atoms with Crippen molar-refractivity contribution >= 4 is 8.83 Å². The average molecular weight is 866 g/mol. The van der Waals surface area contributed by atoms with Gasteiger partial charge in [0.05, 0.1) is 0 Å². The Balaban J connectivity index is 0.000000223. The molecule has 8 rings (SSSR count). The molecule has 0 saturated heterocycles. The van der Waals surface area contributed by atoms with Crippen molar-refractivity contribution in [3.8, 4) is 0 Å². The van der Waals surface area contributed by atoms with Crippen molar-refractivity contribution in [1.29, 1.82) is 0 Å². The molecule has 3 aromatic rings. The maximum absolute atomic E-state index is 2.99. The molecule has 0 radical (unpaired) electrons. The summed E-state index contributed by atoms with van der Waals surface area (Å²) in [6.07, 6.45) is 18.5. The summed E-state index contributed by atoms with van der Waals surface area (Å²) in [6, 6.07) is 30.4. The van der Waals surface area contributed by atoms with Crippen LogP contribution in [0.5, 0.6) is 0 Å². The van der Waals surface area contributed by atoms with Gasteiger partial charge in [-0.3, -0.25) is 6.08 Å². The number of allylic oxidation sites excluding steroid dienone is 10. The van der Waals surface area contributed by atoms with Gasteiger partial charge >= 0.3 is 98.9 Å². The predicted octanol–water partition coefficient (Wildman–Crippen LogP) is 6.08. The second-order valence-electron chi connectivity index (χ2n) is 15.9. The van der Waals surface area contributed by atoms with E-state index < -0.39 is 0 Å². The van der Waals surface area contributed by atoms with E-state index in [1.807, 2.05) is 12.2 Å². The molecule has 0 N–H and O–H groups in total. The van der Waals surface area contributed by atoms with Crippen LogP contribution in [0.2, 0.25) is 0 Å². The maximum atomic E-state index is 2.99. The van der Waals surface area contributed by atoms with Crippen molar-refractivity contribution in [2.75, 3.05) is 0 Å². The number of hydrogen-bond acceptors (Lipinski definition) is 0. The Morgan fingerprint density at radius 2 is 1.34 bits per heavy atom. The van der Waals surface area contributed by atoms with Crippen LogP contribution in [-0.4, -0.2) is 3.26 Å². The summed E-state index contributed by atoms with van der Waals surface area (Å²) >= 11 is 1.08. The zero-order valence-corrected chi connectivity index (χ0v) is 36.2. The van der Waals surface area contributed by atoms with Gasteiger partial charge in [0.1, 0.15) is 0 Å². The fraction of sp³-hybridized carbons (Fsp3) is 0.362. The molecule has 0 bridgehead atoms. The standard InChI is InChI=1S/C29H37.C13H10.C5H5.2ClH.Hf/c1-18-25-22-17-19-13-9-10-14-20(19)24(22)21-15-11-12-16-23(21)29(25,8)28(6,7)27(4,5)26(18,2)3;1-3-7-12(8-4-1)11-13-9-5-2-6-10-13;1-2-4-5-3-1;;;/h9-11,13-15,23H,12,16-17H2,1-8H3;1-10H;1-3H,4H2;2*1H;/q-1;;-1;;;+2/p-2. The number of benzene rings is 3. The number of fused-ring (bicyclic) bond motifs is 6. The topological polar surface area (TPSA) is 0 Å². The van der Waals surface area contributed by atoms with Crippen LogP contribution in [0.25, 0.3) is 5.57 Å². The summed E-state index contributed by atoms with van der Waals surface area (Å²) in [6.45, 7) is 20.3. The molecule has 0 amide bonds. The second kappa shape index (κ2) is 15.7. The third-order valence-corrected chi connectivity index (χ3v) is 15.6. The van der Waals surface area contributed by atoms with Crippen LogP contribution in [0.1, 0.15) is 96.9 Å². The summed E-state index contributed by atoms with van der Waals surface area (Å²) in [5.41, 5.74) is 13.0. The van der Waals surface area contributed by atoms with Crippen molar-refractivity contribution in [3.05, 3.63) is 166 Å². The van der Waals surface area contributed by atoms with Gasteiger partial charge in [0.25, 0.3) is 0 Å². The SMILES string of the molecule is C[C-]1C2=C3Cc4ccccc4C3=C3C=CCCC3C2(C)C(C)(C)C(C)(C)C1(C)C.[C-]1=CC=CC1.[Cl-].[Cl-].[Hf+2]=[C](c1ccccc1)c1ccccc1. The van der Waals surface area contributed by atoms with E-state index in [-0.39, 0.29) is 46.5 Å². The third-order valence-electron chi connectivity index (χ3n) is 13.5. The van der Waals surface area contributed by atoms with E-state index in [0.717, 1.165) is 36.7 Å². The van der Waals surface area contributed by atoms with E-state index >= 15 is 0 Å². The first-order chi connectivity index (χ1) is 22.9. The van der Waals surface area contributed by atoms with Crippen LogP contribution < -0.4 is 24.8 Å². The van der Waals surface area contributed by atoms with Crippen molar-refractivity contribution < 1.29 is 48.7 Å². The van der Waals surface area contributed by atoms with E-state index in [9.17, 15) is 0 Å². The molecule has 1 saturated carbocycles. The first-order valence-electron chi connectivity index (χ1n) is 17.8. The van der Waals surface area contributed by atoms with Crippen molar-refractivity contribution in [3.63, 3.8) is 0 Å². The van der Waals surface area contributed by atoms with Crippen LogP contribution in [0.4, 0.5) is 0 Å². The number of halogens is 2. The molecule has 3 heteroatoms. The second-order valence-corrected chi connectivity index (χ2v) is 17.7. The van der Waals surface area contributed by atoms with E-state index in [4.69, 9.17) is 0 Å². The first kappa shape index (κ1) is 40.3. The van der Waals surface area contributed by atoms with Gasteiger partial charge in [-0.15, -0.1) is 13.3 Å². The summed E-state index contributed by atoms with van der Waals surface area (Å²) in [5.74, 6) is 2.24. The van der Waals surface area contributed by atoms with Gasteiger partial charge in [-0.25, -0.2) is 18.1 Å². The molecule has 0 aromatic heterocycles. The van der Waals surface area contributed by atoms with Crippen LogP contribution in [0.3, 0.4) is 0 Å². The van der Waals surface area contributed by atoms with Crippen LogP contribution in [0, 0.1) is 39.6 Å². The van der Waals surface area contributed by atoms with Crippen LogP contribution in [-0.2, 0) is 30.3 Å². The zero-order valence-electron chi connectivity index (χ0n) is 31.1. The van der Waals surface area contributed by atoms with Crippen LogP contribution in [0.15, 0.2) is 132 Å². The Morgan fingerprint density at radius 3 is 1.88 bits per heavy atom. The number of rotatable bonds is 2. The van der Waals surface area contributed by atoms with Gasteiger partial charge in [-0.1, -0.05) is 113 Å². The quantitative estimate of drug-likeness (QED) is 0.217. The first-order valence-corrected chi connectivity index (χ1v) is 19.6. The van der Waals surface area contributed by atoms with E-state index in [2.05, 4.69) is 165 Å². The monoisotopic (exact) mass is 866 g/mol. The van der Waals surface area contributed by atoms with Gasteiger partial charge in [-0.05, 0) is 40.6 Å². The van der Waals surface area contributed by atoms with E-state index in [1.54, 1.807) is 28.2 Å². The molecule has 2 atom stereocenters. The van der Waals surface area contributed by atoms with Gasteiger partial charge in [0, 0.05) is 0 Å². The molecular formula is C47H52Cl2Hf-2. The molecule has 0 nitrogen and oxygen atoms in total. The minimum atomic E-state index is 0. The molecule has 0 aliphatic heterocycles. The van der Waals surface area contributed by atoms with E-state index in [0.29, 0.717) is 5.92 Å². The summed E-state index contributed by atoms with van der Waals surface area (Å²) in [7, 11) is 0. The molecule has 1 fully saturated rings. The zero-order chi connectivity index (χ0) is 34.3.